The van der Waals surface area contributed by atoms with E-state index in [9.17, 15) is 14.4 Å². The zero-order chi connectivity index (χ0) is 13.0. The third kappa shape index (κ3) is 3.00. The molecule has 1 amide bonds. The van der Waals surface area contributed by atoms with Crippen molar-refractivity contribution in [3.05, 3.63) is 30.3 Å². The first-order valence-electron chi connectivity index (χ1n) is 5.34. The lowest BCUT2D eigenvalue weighted by molar-refractivity contribution is -0.136. The highest BCUT2D eigenvalue weighted by atomic mass is 16.2. The van der Waals surface area contributed by atoms with Gasteiger partial charge in [0, 0.05) is 19.5 Å². The molecule has 17 heavy (non-hydrogen) atoms. The average molecular weight is 233 g/mol. The average Bonchev–Trinajstić information content (AvgIpc) is 2.28. The summed E-state index contributed by atoms with van der Waals surface area (Å²) in [5.74, 6) is -1.37. The van der Waals surface area contributed by atoms with Crippen molar-refractivity contribution in [3.8, 4) is 0 Å². The van der Waals surface area contributed by atoms with Crippen LogP contribution in [0, 0.1) is 0 Å². The molecule has 0 saturated heterocycles. The van der Waals surface area contributed by atoms with Gasteiger partial charge in [0.1, 0.15) is 6.04 Å². The maximum Gasteiger partial charge on any atom is 0.224 e. The van der Waals surface area contributed by atoms with Gasteiger partial charge in [0.25, 0.3) is 0 Å². The Morgan fingerprint density at radius 2 is 1.59 bits per heavy atom. The largest absolute Gasteiger partial charge is 0.302 e. The zero-order valence-corrected chi connectivity index (χ0v) is 10.1. The number of ketones is 2. The Morgan fingerprint density at radius 3 is 2.00 bits per heavy atom. The number of carbonyl (C=O) groups is 3. The smallest absolute Gasteiger partial charge is 0.224 e. The molecule has 90 valence electrons. The fourth-order valence-electron chi connectivity index (χ4n) is 1.68. The van der Waals surface area contributed by atoms with E-state index in [1.807, 2.05) is 6.07 Å². The van der Waals surface area contributed by atoms with Crippen LogP contribution in [0.15, 0.2) is 30.3 Å². The Bertz CT molecular complexity index is 439. The highest BCUT2D eigenvalue weighted by Crippen LogP contribution is 2.17. The van der Waals surface area contributed by atoms with Crippen LogP contribution in [0.4, 0.5) is 5.69 Å². The second-order valence-corrected chi connectivity index (χ2v) is 3.82. The molecule has 0 bridgehead atoms. The van der Waals surface area contributed by atoms with Crippen LogP contribution in [0.3, 0.4) is 0 Å². The number of hydrogen-bond acceptors (Lipinski definition) is 3. The number of hydrogen-bond donors (Lipinski definition) is 0. The summed E-state index contributed by atoms with van der Waals surface area (Å²) in [7, 11) is 0. The molecule has 4 heteroatoms. The van der Waals surface area contributed by atoms with E-state index in [0.717, 1.165) is 0 Å². The normalized spacial score (nSPS) is 11.7. The quantitative estimate of drug-likeness (QED) is 0.742. The van der Waals surface area contributed by atoms with E-state index < -0.39 is 17.6 Å². The molecule has 1 rings (SSSR count). The Balaban J connectivity index is 3.07. The molecule has 1 unspecified atom stereocenters. The molecule has 4 nitrogen and oxygen atoms in total. The monoisotopic (exact) mass is 233 g/mol. The number of carbonyl (C=O) groups excluding carboxylic acids is 3. The summed E-state index contributed by atoms with van der Waals surface area (Å²) in [5.41, 5.74) is 0.613. The van der Waals surface area contributed by atoms with Gasteiger partial charge in [-0.2, -0.15) is 0 Å². The molecule has 1 aromatic rings. The first-order chi connectivity index (χ1) is 7.95. The predicted octanol–water partition coefficient (Wildman–Crippen LogP) is 1.59. The highest BCUT2D eigenvalue weighted by Gasteiger charge is 2.27. The van der Waals surface area contributed by atoms with Crippen molar-refractivity contribution in [2.75, 3.05) is 4.90 Å². The Kier molecular flexibility index (Phi) is 4.15. The van der Waals surface area contributed by atoms with Crippen molar-refractivity contribution in [2.45, 2.75) is 26.8 Å². The van der Waals surface area contributed by atoms with Gasteiger partial charge in [0.05, 0.1) is 0 Å². The maximum absolute atomic E-state index is 11.6. The number of anilines is 1. The minimum atomic E-state index is -0.771. The summed E-state index contributed by atoms with van der Waals surface area (Å²) in [6.07, 6.45) is 0. The van der Waals surface area contributed by atoms with E-state index in [-0.39, 0.29) is 5.91 Å². The lowest BCUT2D eigenvalue weighted by Crippen LogP contribution is -2.44. The van der Waals surface area contributed by atoms with Gasteiger partial charge in [0.15, 0.2) is 5.78 Å². The van der Waals surface area contributed by atoms with Gasteiger partial charge < -0.3 is 4.90 Å². The van der Waals surface area contributed by atoms with E-state index in [1.54, 1.807) is 31.2 Å². The van der Waals surface area contributed by atoms with E-state index in [4.69, 9.17) is 0 Å². The van der Waals surface area contributed by atoms with Gasteiger partial charge in [0.2, 0.25) is 11.7 Å². The number of nitrogens with zero attached hydrogens (tertiary/aromatic N) is 1. The molecule has 0 aromatic heterocycles. The number of benzene rings is 1. The van der Waals surface area contributed by atoms with E-state index in [1.165, 1.54) is 18.7 Å². The van der Waals surface area contributed by atoms with E-state index in [0.29, 0.717) is 5.69 Å². The van der Waals surface area contributed by atoms with Crippen LogP contribution in [0.1, 0.15) is 20.8 Å². The van der Waals surface area contributed by atoms with Gasteiger partial charge in [-0.05, 0) is 19.1 Å². The van der Waals surface area contributed by atoms with Gasteiger partial charge >= 0.3 is 0 Å². The number of amides is 1. The standard InChI is InChI=1S/C13H15NO3/c1-9(13(17)10(2)15)14(11(3)16)12-7-5-4-6-8-12/h4-9H,1-3H3. The SMILES string of the molecule is CC(=O)C(=O)C(C)N(C(C)=O)c1ccccc1. The van der Waals surface area contributed by atoms with Crippen LogP contribution >= 0.6 is 0 Å². The van der Waals surface area contributed by atoms with Gasteiger partial charge in [-0.15, -0.1) is 0 Å². The Hall–Kier alpha value is -1.97. The molecule has 1 atom stereocenters. The predicted molar refractivity (Wildman–Crippen MR) is 64.8 cm³/mol. The molecule has 0 radical (unpaired) electrons. The third-order valence-corrected chi connectivity index (χ3v) is 2.49. The van der Waals surface area contributed by atoms with Crippen molar-refractivity contribution in [1.29, 1.82) is 0 Å². The first kappa shape index (κ1) is 13.1. The zero-order valence-electron chi connectivity index (χ0n) is 10.1. The van der Waals surface area contributed by atoms with Crippen molar-refractivity contribution >= 4 is 23.2 Å². The van der Waals surface area contributed by atoms with Gasteiger partial charge in [-0.1, -0.05) is 18.2 Å². The highest BCUT2D eigenvalue weighted by molar-refractivity contribution is 6.39. The molecule has 1 aromatic carbocycles. The molecule has 0 aliphatic carbocycles. The number of Topliss-reactive ketones (excluding diaryl/α,β-unsaturated/α-hetero) is 2. The molecule has 0 fully saturated rings. The van der Waals surface area contributed by atoms with Crippen LogP contribution < -0.4 is 4.90 Å². The van der Waals surface area contributed by atoms with Crippen LogP contribution in [0.25, 0.3) is 0 Å². The van der Waals surface area contributed by atoms with Crippen molar-refractivity contribution < 1.29 is 14.4 Å². The van der Waals surface area contributed by atoms with Crippen LogP contribution in [-0.4, -0.2) is 23.5 Å². The first-order valence-corrected chi connectivity index (χ1v) is 5.34. The molecule has 0 aliphatic rings. The van der Waals surface area contributed by atoms with E-state index >= 15 is 0 Å². The Morgan fingerprint density at radius 1 is 1.06 bits per heavy atom. The van der Waals surface area contributed by atoms with Crippen molar-refractivity contribution in [3.63, 3.8) is 0 Å². The lowest BCUT2D eigenvalue weighted by atomic mass is 10.1. The third-order valence-electron chi connectivity index (χ3n) is 2.49. The maximum atomic E-state index is 11.6. The molecule has 0 aliphatic heterocycles. The molecule has 0 spiro atoms. The van der Waals surface area contributed by atoms with Crippen molar-refractivity contribution in [1.82, 2.24) is 0 Å². The second-order valence-electron chi connectivity index (χ2n) is 3.82. The summed E-state index contributed by atoms with van der Waals surface area (Å²) in [5, 5.41) is 0. The lowest BCUT2D eigenvalue weighted by Gasteiger charge is -2.26. The Labute approximate surface area is 100 Å². The van der Waals surface area contributed by atoms with Gasteiger partial charge in [-0.3, -0.25) is 14.4 Å². The molecule has 0 N–H and O–H groups in total. The molecule has 0 saturated carbocycles. The summed E-state index contributed by atoms with van der Waals surface area (Å²) >= 11 is 0. The molecule has 0 heterocycles. The molecular formula is C13H15NO3. The summed E-state index contributed by atoms with van der Waals surface area (Å²) in [6.45, 7) is 4.14. The summed E-state index contributed by atoms with van der Waals surface area (Å²) in [4.78, 5) is 35.6. The minimum absolute atomic E-state index is 0.265. The van der Waals surface area contributed by atoms with E-state index in [2.05, 4.69) is 0 Å². The fourth-order valence-corrected chi connectivity index (χ4v) is 1.68. The van der Waals surface area contributed by atoms with Crippen LogP contribution in [-0.2, 0) is 14.4 Å². The summed E-state index contributed by atoms with van der Waals surface area (Å²) in [6, 6.07) is 8.05. The number of para-hydroxylation sites is 1. The fraction of sp³-hybridized carbons (Fsp3) is 0.308. The van der Waals surface area contributed by atoms with Crippen molar-refractivity contribution in [2.24, 2.45) is 0 Å². The number of rotatable bonds is 4. The second kappa shape index (κ2) is 5.39. The molecular weight excluding hydrogens is 218 g/mol. The van der Waals surface area contributed by atoms with Gasteiger partial charge in [-0.25, -0.2) is 0 Å². The minimum Gasteiger partial charge on any atom is -0.302 e. The van der Waals surface area contributed by atoms with Crippen LogP contribution in [0.5, 0.6) is 0 Å². The topological polar surface area (TPSA) is 54.5 Å². The van der Waals surface area contributed by atoms with Crippen LogP contribution in [0.2, 0.25) is 0 Å². The summed E-state index contributed by atoms with van der Waals surface area (Å²) < 4.78 is 0.